The van der Waals surface area contributed by atoms with E-state index in [-0.39, 0.29) is 30.6 Å². The third-order valence-corrected chi connectivity index (χ3v) is 2.98. The van der Waals surface area contributed by atoms with Gasteiger partial charge in [0.05, 0.1) is 25.7 Å². The molecule has 0 saturated heterocycles. The minimum absolute atomic E-state index is 0.00846. The van der Waals surface area contributed by atoms with Gasteiger partial charge >= 0.3 is 12.0 Å². The van der Waals surface area contributed by atoms with Crippen molar-refractivity contribution in [3.8, 4) is 5.75 Å². The number of carbonyl (C=O) groups excluding carboxylic acids is 2. The summed E-state index contributed by atoms with van der Waals surface area (Å²) in [7, 11) is 1.58. The molecule has 2 N–H and O–H groups in total. The molecule has 0 spiro atoms. The highest BCUT2D eigenvalue weighted by atomic mass is 16.5. The maximum absolute atomic E-state index is 12.0. The van der Waals surface area contributed by atoms with Crippen LogP contribution in [0.5, 0.6) is 5.75 Å². The normalized spacial score (nSPS) is 12.0. The van der Waals surface area contributed by atoms with E-state index in [2.05, 4.69) is 10.6 Å². The number of ether oxygens (including phenoxy) is 2. The van der Waals surface area contributed by atoms with Gasteiger partial charge in [0.15, 0.2) is 0 Å². The van der Waals surface area contributed by atoms with Gasteiger partial charge in [-0.3, -0.25) is 4.79 Å². The maximum Gasteiger partial charge on any atom is 0.315 e. The fraction of sp³-hybridized carbons (Fsp3) is 0.529. The van der Waals surface area contributed by atoms with Gasteiger partial charge in [0.2, 0.25) is 0 Å². The Morgan fingerprint density at radius 1 is 1.04 bits per heavy atom. The standard InChI is InChI=1S/C17H26N2O4/c1-11(2)18-17(21)19-15(10-16(20)23-12(3)4)13-6-8-14(22-5)9-7-13/h6-9,11-12,15H,10H2,1-5H3,(H2,18,19,21)/t15-/m1/s1. The number of esters is 1. The van der Waals surface area contributed by atoms with E-state index in [9.17, 15) is 9.59 Å². The number of hydrogen-bond acceptors (Lipinski definition) is 4. The van der Waals surface area contributed by atoms with Gasteiger partial charge in [-0.1, -0.05) is 12.1 Å². The average Bonchev–Trinajstić information content (AvgIpc) is 2.45. The van der Waals surface area contributed by atoms with E-state index in [4.69, 9.17) is 9.47 Å². The molecule has 0 unspecified atom stereocenters. The number of urea groups is 1. The molecule has 0 bridgehead atoms. The van der Waals surface area contributed by atoms with Gasteiger partial charge in [0.25, 0.3) is 0 Å². The zero-order chi connectivity index (χ0) is 17.4. The highest BCUT2D eigenvalue weighted by molar-refractivity contribution is 5.76. The van der Waals surface area contributed by atoms with Crippen molar-refractivity contribution in [2.24, 2.45) is 0 Å². The fourth-order valence-corrected chi connectivity index (χ4v) is 2.03. The van der Waals surface area contributed by atoms with E-state index < -0.39 is 6.04 Å². The third-order valence-electron chi connectivity index (χ3n) is 2.98. The van der Waals surface area contributed by atoms with Crippen molar-refractivity contribution in [3.63, 3.8) is 0 Å². The van der Waals surface area contributed by atoms with Crippen LogP contribution in [0.1, 0.15) is 45.7 Å². The van der Waals surface area contributed by atoms with Crippen LogP contribution >= 0.6 is 0 Å². The molecule has 0 aliphatic carbocycles. The summed E-state index contributed by atoms with van der Waals surface area (Å²) in [6.07, 6.45) is -0.126. The zero-order valence-corrected chi connectivity index (χ0v) is 14.4. The second-order valence-corrected chi connectivity index (χ2v) is 5.84. The molecule has 0 heterocycles. The molecule has 1 rings (SSSR count). The monoisotopic (exact) mass is 322 g/mol. The largest absolute Gasteiger partial charge is 0.497 e. The molecule has 0 aromatic heterocycles. The average molecular weight is 322 g/mol. The molecule has 23 heavy (non-hydrogen) atoms. The number of carbonyl (C=O) groups is 2. The van der Waals surface area contributed by atoms with E-state index in [0.29, 0.717) is 5.75 Å². The van der Waals surface area contributed by atoms with Crippen molar-refractivity contribution >= 4 is 12.0 Å². The Morgan fingerprint density at radius 2 is 1.65 bits per heavy atom. The van der Waals surface area contributed by atoms with Gasteiger partial charge in [-0.2, -0.15) is 0 Å². The lowest BCUT2D eigenvalue weighted by atomic mass is 10.0. The molecule has 128 valence electrons. The Morgan fingerprint density at radius 3 is 2.13 bits per heavy atom. The SMILES string of the molecule is COc1ccc([C@@H](CC(=O)OC(C)C)NC(=O)NC(C)C)cc1. The van der Waals surface area contributed by atoms with Crippen molar-refractivity contribution in [1.82, 2.24) is 10.6 Å². The quantitative estimate of drug-likeness (QED) is 0.757. The van der Waals surface area contributed by atoms with Crippen LogP contribution in [0.25, 0.3) is 0 Å². The minimum atomic E-state index is -0.467. The summed E-state index contributed by atoms with van der Waals surface area (Å²) < 4.78 is 10.3. The van der Waals surface area contributed by atoms with Crippen LogP contribution in [0, 0.1) is 0 Å². The minimum Gasteiger partial charge on any atom is -0.497 e. The molecule has 0 aliphatic rings. The lowest BCUT2D eigenvalue weighted by molar-refractivity contribution is -0.147. The Hall–Kier alpha value is -2.24. The van der Waals surface area contributed by atoms with Gasteiger partial charge in [-0.15, -0.1) is 0 Å². The molecule has 6 nitrogen and oxygen atoms in total. The summed E-state index contributed by atoms with van der Waals surface area (Å²) in [6.45, 7) is 7.32. The predicted molar refractivity (Wildman–Crippen MR) is 88.4 cm³/mol. The molecule has 0 aliphatic heterocycles. The Bertz CT molecular complexity index is 488. The lowest BCUT2D eigenvalue weighted by Gasteiger charge is -2.21. The molecule has 1 aromatic carbocycles. The number of methoxy groups -OCH3 is 1. The van der Waals surface area contributed by atoms with Gasteiger partial charge in [0, 0.05) is 6.04 Å². The molecule has 0 saturated carbocycles. The van der Waals surface area contributed by atoms with Crippen molar-refractivity contribution in [3.05, 3.63) is 29.8 Å². The number of nitrogens with one attached hydrogen (secondary N) is 2. The molecule has 0 fully saturated rings. The zero-order valence-electron chi connectivity index (χ0n) is 14.4. The maximum atomic E-state index is 12.0. The number of amides is 2. The predicted octanol–water partition coefficient (Wildman–Crippen LogP) is 2.79. The van der Waals surface area contributed by atoms with Crippen LogP contribution < -0.4 is 15.4 Å². The van der Waals surface area contributed by atoms with Crippen molar-refractivity contribution in [1.29, 1.82) is 0 Å². The summed E-state index contributed by atoms with van der Waals surface area (Å²) in [5.74, 6) is 0.356. The van der Waals surface area contributed by atoms with Crippen molar-refractivity contribution < 1.29 is 19.1 Å². The van der Waals surface area contributed by atoms with E-state index in [1.54, 1.807) is 33.1 Å². The third kappa shape index (κ3) is 7.04. The Balaban J connectivity index is 2.85. The number of hydrogen-bond donors (Lipinski definition) is 2. The van der Waals surface area contributed by atoms with E-state index >= 15 is 0 Å². The summed E-state index contributed by atoms with van der Waals surface area (Å²) in [4.78, 5) is 23.9. The Kier molecular flexibility index (Phi) is 7.38. The van der Waals surface area contributed by atoms with E-state index in [0.717, 1.165) is 5.56 Å². The van der Waals surface area contributed by atoms with Crippen LogP contribution in [0.4, 0.5) is 4.79 Å². The topological polar surface area (TPSA) is 76.7 Å². The first kappa shape index (κ1) is 18.8. The highest BCUT2D eigenvalue weighted by Crippen LogP contribution is 2.21. The molecule has 0 radical (unpaired) electrons. The molecular formula is C17H26N2O4. The first-order valence-electron chi connectivity index (χ1n) is 7.72. The van der Waals surface area contributed by atoms with Gasteiger partial charge in [-0.25, -0.2) is 4.79 Å². The lowest BCUT2D eigenvalue weighted by Crippen LogP contribution is -2.42. The molecular weight excluding hydrogens is 296 g/mol. The summed E-state index contributed by atoms with van der Waals surface area (Å²) >= 11 is 0. The van der Waals surface area contributed by atoms with Gasteiger partial charge < -0.3 is 20.1 Å². The first-order chi connectivity index (χ1) is 10.8. The number of benzene rings is 1. The molecule has 6 heteroatoms. The molecule has 1 aromatic rings. The van der Waals surface area contributed by atoms with Crippen LogP contribution in [0.15, 0.2) is 24.3 Å². The van der Waals surface area contributed by atoms with E-state index in [1.165, 1.54) is 0 Å². The second-order valence-electron chi connectivity index (χ2n) is 5.84. The van der Waals surface area contributed by atoms with Crippen LogP contribution in [-0.2, 0) is 9.53 Å². The van der Waals surface area contributed by atoms with E-state index in [1.807, 2.05) is 26.0 Å². The summed E-state index contributed by atoms with van der Waals surface area (Å²) in [5.41, 5.74) is 0.811. The Labute approximate surface area is 137 Å². The summed E-state index contributed by atoms with van der Waals surface area (Å²) in [6, 6.07) is 6.44. The first-order valence-corrected chi connectivity index (χ1v) is 7.72. The van der Waals surface area contributed by atoms with Gasteiger partial charge in [0.1, 0.15) is 5.75 Å². The second kappa shape index (κ2) is 9.02. The molecule has 1 atom stereocenters. The summed E-state index contributed by atoms with van der Waals surface area (Å²) in [5, 5.41) is 5.57. The van der Waals surface area contributed by atoms with Crippen molar-refractivity contribution in [2.75, 3.05) is 7.11 Å². The fourth-order valence-electron chi connectivity index (χ4n) is 2.03. The molecule has 2 amide bonds. The van der Waals surface area contributed by atoms with Gasteiger partial charge in [-0.05, 0) is 45.4 Å². The number of rotatable bonds is 7. The van der Waals surface area contributed by atoms with Crippen LogP contribution in [-0.4, -0.2) is 31.3 Å². The van der Waals surface area contributed by atoms with Crippen LogP contribution in [0.2, 0.25) is 0 Å². The van der Waals surface area contributed by atoms with Crippen molar-refractivity contribution in [2.45, 2.75) is 52.3 Å². The highest BCUT2D eigenvalue weighted by Gasteiger charge is 2.20. The van der Waals surface area contributed by atoms with Crippen LogP contribution in [0.3, 0.4) is 0 Å². The smallest absolute Gasteiger partial charge is 0.315 e.